The van der Waals surface area contributed by atoms with Crippen molar-refractivity contribution in [2.75, 3.05) is 35.8 Å². The van der Waals surface area contributed by atoms with E-state index in [1.165, 1.54) is 6.20 Å². The molecule has 8 heteroatoms. The van der Waals surface area contributed by atoms with E-state index in [1.807, 2.05) is 36.4 Å². The van der Waals surface area contributed by atoms with Crippen LogP contribution in [0.25, 0.3) is 0 Å². The molecule has 3 N–H and O–H groups in total. The second-order valence-electron chi connectivity index (χ2n) is 6.59. The monoisotopic (exact) mass is 441 g/mol. The van der Waals surface area contributed by atoms with Gasteiger partial charge in [-0.2, -0.15) is 4.98 Å². The van der Waals surface area contributed by atoms with Crippen molar-refractivity contribution >= 4 is 52.9 Å². The van der Waals surface area contributed by atoms with Crippen LogP contribution in [0.5, 0.6) is 0 Å². The fourth-order valence-corrected chi connectivity index (χ4v) is 3.85. The van der Waals surface area contributed by atoms with Crippen molar-refractivity contribution in [1.29, 1.82) is 0 Å². The lowest BCUT2D eigenvalue weighted by atomic mass is 10.3. The van der Waals surface area contributed by atoms with E-state index in [9.17, 15) is 4.57 Å². The number of para-hydroxylation sites is 1. The highest BCUT2D eigenvalue weighted by molar-refractivity contribution is 7.70. The summed E-state index contributed by atoms with van der Waals surface area (Å²) in [6.07, 6.45) is 3.27. The van der Waals surface area contributed by atoms with E-state index in [0.717, 1.165) is 11.0 Å². The number of rotatable bonds is 8. The molecular formula is C22H25ClN5OP. The van der Waals surface area contributed by atoms with Gasteiger partial charge >= 0.3 is 0 Å². The summed E-state index contributed by atoms with van der Waals surface area (Å²) in [4.78, 5) is 8.65. The second-order valence-corrected chi connectivity index (χ2v) is 10.2. The molecule has 0 aliphatic carbocycles. The van der Waals surface area contributed by atoms with Gasteiger partial charge in [0.25, 0.3) is 0 Å². The molecular weight excluding hydrogens is 417 g/mol. The molecule has 0 aliphatic heterocycles. The van der Waals surface area contributed by atoms with Gasteiger partial charge in [-0.3, -0.25) is 0 Å². The zero-order chi connectivity index (χ0) is 20.9. The van der Waals surface area contributed by atoms with Gasteiger partial charge in [0.15, 0.2) is 5.82 Å². The van der Waals surface area contributed by atoms with Crippen LogP contribution >= 0.6 is 18.7 Å². The summed E-state index contributed by atoms with van der Waals surface area (Å²) in [7, 11) is -2.47. The number of halogens is 1. The summed E-state index contributed by atoms with van der Waals surface area (Å²) in [6.45, 7) is 7.76. The predicted octanol–water partition coefficient (Wildman–Crippen LogP) is 5.70. The van der Waals surface area contributed by atoms with E-state index in [-0.39, 0.29) is 7.43 Å². The lowest BCUT2D eigenvalue weighted by molar-refractivity contribution is 0.588. The minimum atomic E-state index is -2.47. The Kier molecular flexibility index (Phi) is 7.88. The third kappa shape index (κ3) is 6.00. The first-order chi connectivity index (χ1) is 13.9. The van der Waals surface area contributed by atoms with Crippen LogP contribution in [0.4, 0.5) is 28.8 Å². The number of benzene rings is 1. The summed E-state index contributed by atoms with van der Waals surface area (Å²) in [5.74, 6) is 0.764. The highest BCUT2D eigenvalue weighted by Crippen LogP contribution is 2.38. The van der Waals surface area contributed by atoms with Crippen LogP contribution in [0.1, 0.15) is 7.43 Å². The molecule has 0 saturated heterocycles. The minimum absolute atomic E-state index is 0. The van der Waals surface area contributed by atoms with Gasteiger partial charge in [0.05, 0.1) is 23.3 Å². The molecule has 6 nitrogen and oxygen atoms in total. The average molecular weight is 442 g/mol. The molecule has 0 atom stereocenters. The predicted molar refractivity (Wildman–Crippen MR) is 129 cm³/mol. The topological polar surface area (TPSA) is 78.9 Å². The second kappa shape index (κ2) is 10.2. The maximum Gasteiger partial charge on any atom is 0.229 e. The van der Waals surface area contributed by atoms with Crippen LogP contribution in [0.15, 0.2) is 55.3 Å². The third-order valence-corrected chi connectivity index (χ3v) is 5.74. The molecule has 0 radical (unpaired) electrons. The normalized spacial score (nSPS) is 10.4. The molecule has 0 amide bonds. The zero-order valence-corrected chi connectivity index (χ0v) is 17.8. The lowest BCUT2D eigenvalue weighted by Gasteiger charge is -2.15. The van der Waals surface area contributed by atoms with Crippen LogP contribution in [-0.4, -0.2) is 29.8 Å². The number of aromatic nitrogens is 2. The van der Waals surface area contributed by atoms with Crippen LogP contribution < -0.4 is 21.3 Å². The highest BCUT2D eigenvalue weighted by Gasteiger charge is 2.17. The quantitative estimate of drug-likeness (QED) is 0.307. The Labute approximate surface area is 183 Å². The van der Waals surface area contributed by atoms with Crippen molar-refractivity contribution in [3.63, 3.8) is 0 Å². The fraction of sp³-hybridized carbons (Fsp3) is 0.182. The zero-order valence-electron chi connectivity index (χ0n) is 16.2. The number of hydrogen-bond donors (Lipinski definition) is 3. The average Bonchev–Trinajstić information content (AvgIpc) is 2.69. The fourth-order valence-electron chi connectivity index (χ4n) is 2.55. The molecule has 30 heavy (non-hydrogen) atoms. The SMILES string of the molecule is C.C=CCNc1c#cc(Nc2ncc(Cl)c(Nc3ccccc3P(C)(C)=O)n2)cc1. The van der Waals surface area contributed by atoms with Crippen LogP contribution in [0, 0.1) is 12.1 Å². The van der Waals surface area contributed by atoms with Gasteiger partial charge < -0.3 is 20.5 Å². The van der Waals surface area contributed by atoms with Crippen molar-refractivity contribution in [3.05, 3.63) is 72.4 Å². The Morgan fingerprint density at radius 1 is 1.13 bits per heavy atom. The summed E-state index contributed by atoms with van der Waals surface area (Å²) in [5.41, 5.74) is 2.18. The molecule has 0 unspecified atom stereocenters. The van der Waals surface area contributed by atoms with E-state index < -0.39 is 7.14 Å². The Hall–Kier alpha value is -3.00. The Morgan fingerprint density at radius 2 is 1.83 bits per heavy atom. The maximum absolute atomic E-state index is 12.6. The van der Waals surface area contributed by atoms with E-state index in [1.54, 1.807) is 19.4 Å². The Morgan fingerprint density at radius 3 is 2.50 bits per heavy atom. The minimum Gasteiger partial charge on any atom is -0.375 e. The van der Waals surface area contributed by atoms with Gasteiger partial charge in [0.2, 0.25) is 5.95 Å². The van der Waals surface area contributed by atoms with Crippen molar-refractivity contribution in [1.82, 2.24) is 9.97 Å². The lowest BCUT2D eigenvalue weighted by Crippen LogP contribution is -2.10. The number of nitrogens with zero attached hydrogens (tertiary/aromatic N) is 2. The summed E-state index contributed by atoms with van der Waals surface area (Å²) >= 11 is 6.27. The van der Waals surface area contributed by atoms with Gasteiger partial charge in [0, 0.05) is 11.8 Å². The summed E-state index contributed by atoms with van der Waals surface area (Å²) < 4.78 is 12.6. The van der Waals surface area contributed by atoms with Crippen molar-refractivity contribution < 1.29 is 4.57 Å². The highest BCUT2D eigenvalue weighted by atomic mass is 35.5. The van der Waals surface area contributed by atoms with Crippen molar-refractivity contribution in [2.45, 2.75) is 7.43 Å². The molecule has 156 valence electrons. The van der Waals surface area contributed by atoms with Crippen LogP contribution in [0.3, 0.4) is 0 Å². The molecule has 1 heterocycles. The summed E-state index contributed by atoms with van der Waals surface area (Å²) in [5, 5.41) is 10.5. The number of nitrogens with one attached hydrogen (secondary N) is 3. The molecule has 3 aromatic rings. The van der Waals surface area contributed by atoms with Crippen molar-refractivity contribution in [3.8, 4) is 0 Å². The smallest absolute Gasteiger partial charge is 0.229 e. The van der Waals surface area contributed by atoms with Gasteiger partial charge in [-0.25, -0.2) is 4.98 Å². The van der Waals surface area contributed by atoms with Gasteiger partial charge in [0.1, 0.15) is 12.2 Å². The van der Waals surface area contributed by atoms with Gasteiger partial charge in [-0.15, -0.1) is 6.58 Å². The van der Waals surface area contributed by atoms with E-state index in [2.05, 4.69) is 44.6 Å². The first-order valence-electron chi connectivity index (χ1n) is 8.87. The maximum atomic E-state index is 12.6. The Balaban J connectivity index is 0.00000320. The van der Waals surface area contributed by atoms with Crippen LogP contribution in [0.2, 0.25) is 5.02 Å². The van der Waals surface area contributed by atoms with Crippen molar-refractivity contribution in [2.24, 2.45) is 0 Å². The van der Waals surface area contributed by atoms with E-state index in [0.29, 0.717) is 34.7 Å². The number of anilines is 5. The molecule has 3 rings (SSSR count). The largest absolute Gasteiger partial charge is 0.375 e. The third-order valence-electron chi connectivity index (χ3n) is 3.91. The molecule has 0 aliphatic rings. The first-order valence-corrected chi connectivity index (χ1v) is 11.8. The van der Waals surface area contributed by atoms with E-state index >= 15 is 0 Å². The van der Waals surface area contributed by atoms with E-state index in [4.69, 9.17) is 11.6 Å². The first kappa shape index (κ1) is 23.3. The molecule has 0 saturated carbocycles. The molecule has 2 aromatic carbocycles. The van der Waals surface area contributed by atoms with Gasteiger partial charge in [-0.1, -0.05) is 37.2 Å². The molecule has 0 bridgehead atoms. The van der Waals surface area contributed by atoms with Gasteiger partial charge in [-0.05, 0) is 49.7 Å². The molecule has 0 spiro atoms. The van der Waals surface area contributed by atoms with Crippen LogP contribution in [-0.2, 0) is 4.57 Å². The standard InChI is InChI=1S/C21H21ClN5OP.CH4/c1-4-13-23-15-9-11-16(12-10-15)25-21-24-14-17(22)20(27-21)26-18-7-5-6-8-19(18)29(2,3)28;/h4-9,11,14,23H,1,13H2,2-3H3,(H2,24,25,26,27);1H4. The Bertz CT molecular complexity index is 1050. The number of hydrogen-bond acceptors (Lipinski definition) is 6. The summed E-state index contributed by atoms with van der Waals surface area (Å²) in [6, 6.07) is 17.1. The molecule has 1 aromatic heterocycles. The molecule has 0 fully saturated rings.